The molecule has 2 aromatic heterocycles. The summed E-state index contributed by atoms with van der Waals surface area (Å²) in [5.74, 6) is 0.0391. The summed E-state index contributed by atoms with van der Waals surface area (Å²) in [6, 6.07) is 1.85. The van der Waals surface area contributed by atoms with Gasteiger partial charge in [-0.25, -0.2) is 23.4 Å². The number of halogens is 1. The fraction of sp³-hybridized carbons (Fsp3) is 0.538. The van der Waals surface area contributed by atoms with Crippen molar-refractivity contribution in [1.82, 2.24) is 19.6 Å². The Morgan fingerprint density at radius 1 is 1.54 bits per heavy atom. The van der Waals surface area contributed by atoms with E-state index in [-0.39, 0.29) is 23.6 Å². The quantitative estimate of drug-likeness (QED) is 0.653. The normalized spacial score (nSPS) is 46.5. The van der Waals surface area contributed by atoms with E-state index in [1.54, 1.807) is 0 Å². The topological polar surface area (TPSA) is 158 Å². The lowest BCUT2D eigenvalue weighted by Crippen LogP contribution is -2.50. The number of phosphoric acid groups is 1. The maximum absolute atomic E-state index is 16.0. The van der Waals surface area contributed by atoms with Gasteiger partial charge in [0.2, 0.25) is 5.60 Å². The number of nitrogens with two attached hydrogens (primary N) is 1. The molecule has 3 fully saturated rings. The Hall–Kier alpha value is -2.16. The fourth-order valence-corrected chi connectivity index (χ4v) is 5.16. The Morgan fingerprint density at radius 3 is 3.04 bits per heavy atom. The summed E-state index contributed by atoms with van der Waals surface area (Å²) in [5.41, 5.74) is -0.209. The molecule has 0 bridgehead atoms. The lowest BCUT2D eigenvalue weighted by Gasteiger charge is -2.33. The molecular weight excluding hydrogens is 370 g/mol. The van der Waals surface area contributed by atoms with E-state index in [9.17, 15) is 14.7 Å². The molecule has 1 spiro atoms. The summed E-state index contributed by atoms with van der Waals surface area (Å²) in [4.78, 5) is 17.5. The molecule has 3 unspecified atom stereocenters. The standard InChI is InChI=1S/C13H12FN6O5P/c1-11(14)10-12(2-7(12)23-26(21,22)24-10)25-13(11,4-15)6-3-17-9-8(16)18-5-19-20(6)9/h3,5,7,10H,2H2,1H3,(H,21,22)(H2,16,18,19)/t7?,10-,11+,12?,13-/m0/s1. The zero-order valence-corrected chi connectivity index (χ0v) is 14.1. The number of nitrogen functional groups attached to an aromatic ring is 1. The Kier molecular flexibility index (Phi) is 2.71. The molecule has 4 heterocycles. The third-order valence-electron chi connectivity index (χ3n) is 5.21. The van der Waals surface area contributed by atoms with Gasteiger partial charge in [-0.05, 0) is 6.92 Å². The zero-order valence-electron chi connectivity index (χ0n) is 13.2. The van der Waals surface area contributed by atoms with Gasteiger partial charge in [0.05, 0.1) is 6.20 Å². The number of nitriles is 1. The van der Waals surface area contributed by atoms with Crippen LogP contribution in [-0.2, 0) is 24.0 Å². The van der Waals surface area contributed by atoms with E-state index in [2.05, 4.69) is 15.1 Å². The van der Waals surface area contributed by atoms with Gasteiger partial charge in [-0.2, -0.15) is 10.4 Å². The fourth-order valence-electron chi connectivity index (χ4n) is 3.90. The van der Waals surface area contributed by atoms with Crippen LogP contribution in [0.25, 0.3) is 5.65 Å². The number of ether oxygens (including phenoxy) is 1. The monoisotopic (exact) mass is 382 g/mol. The van der Waals surface area contributed by atoms with Crippen LogP contribution in [0.2, 0.25) is 0 Å². The van der Waals surface area contributed by atoms with Crippen LogP contribution in [0.3, 0.4) is 0 Å². The highest BCUT2D eigenvalue weighted by molar-refractivity contribution is 7.47. The van der Waals surface area contributed by atoms with Crippen LogP contribution in [-0.4, -0.2) is 48.0 Å². The summed E-state index contributed by atoms with van der Waals surface area (Å²) >= 11 is 0. The van der Waals surface area contributed by atoms with Crippen molar-refractivity contribution in [3.05, 3.63) is 18.2 Å². The highest BCUT2D eigenvalue weighted by Crippen LogP contribution is 2.72. The molecule has 11 nitrogen and oxygen atoms in total. The second-order valence-electron chi connectivity index (χ2n) is 6.70. The highest BCUT2D eigenvalue weighted by Gasteiger charge is 2.85. The van der Waals surface area contributed by atoms with Crippen LogP contribution in [0.1, 0.15) is 19.0 Å². The van der Waals surface area contributed by atoms with Crippen LogP contribution in [0.4, 0.5) is 10.2 Å². The van der Waals surface area contributed by atoms with Gasteiger partial charge >= 0.3 is 7.82 Å². The van der Waals surface area contributed by atoms with Gasteiger partial charge in [0.1, 0.15) is 35.9 Å². The largest absolute Gasteiger partial charge is 0.473 e. The summed E-state index contributed by atoms with van der Waals surface area (Å²) in [6.45, 7) is 1.08. The summed E-state index contributed by atoms with van der Waals surface area (Å²) in [5, 5.41) is 13.9. The minimum absolute atomic E-state index is 0.0279. The Labute approximate surface area is 145 Å². The molecule has 1 aliphatic carbocycles. The highest BCUT2D eigenvalue weighted by atomic mass is 31.2. The molecule has 2 aromatic rings. The van der Waals surface area contributed by atoms with E-state index in [1.165, 1.54) is 6.20 Å². The van der Waals surface area contributed by atoms with Gasteiger partial charge in [0.25, 0.3) is 0 Å². The molecule has 1 saturated carbocycles. The van der Waals surface area contributed by atoms with E-state index >= 15 is 4.39 Å². The van der Waals surface area contributed by atoms with Crippen molar-refractivity contribution < 1.29 is 27.6 Å². The molecule has 136 valence electrons. The van der Waals surface area contributed by atoms with Gasteiger partial charge in [-0.3, -0.25) is 9.05 Å². The van der Waals surface area contributed by atoms with Gasteiger partial charge < -0.3 is 15.4 Å². The number of anilines is 1. The number of hydrogen-bond acceptors (Lipinski definition) is 9. The maximum atomic E-state index is 16.0. The summed E-state index contributed by atoms with van der Waals surface area (Å²) in [7, 11) is -4.45. The van der Waals surface area contributed by atoms with Gasteiger partial charge in [-0.1, -0.05) is 0 Å². The third kappa shape index (κ3) is 1.65. The van der Waals surface area contributed by atoms with Crippen molar-refractivity contribution in [3.63, 3.8) is 0 Å². The number of rotatable bonds is 1. The van der Waals surface area contributed by atoms with E-state index in [0.717, 1.165) is 17.8 Å². The molecular formula is C13H12FN6O5P. The average molecular weight is 382 g/mol. The first-order valence-corrected chi connectivity index (χ1v) is 9.11. The Bertz CT molecular complexity index is 1050. The van der Waals surface area contributed by atoms with Crippen LogP contribution in [0, 0.1) is 11.3 Å². The molecule has 2 aliphatic heterocycles. The molecule has 0 aromatic carbocycles. The van der Waals surface area contributed by atoms with Gasteiger partial charge in [0.15, 0.2) is 17.1 Å². The number of hydrogen-bond donors (Lipinski definition) is 2. The van der Waals surface area contributed by atoms with Crippen molar-refractivity contribution >= 4 is 19.3 Å². The first-order chi connectivity index (χ1) is 12.2. The Morgan fingerprint density at radius 2 is 2.31 bits per heavy atom. The maximum Gasteiger partial charge on any atom is 0.473 e. The van der Waals surface area contributed by atoms with Gasteiger partial charge in [0, 0.05) is 6.42 Å². The molecule has 3 aliphatic rings. The van der Waals surface area contributed by atoms with Crippen molar-refractivity contribution in [2.24, 2.45) is 0 Å². The second kappa shape index (κ2) is 4.39. The minimum atomic E-state index is -4.45. The van der Waals surface area contributed by atoms with Crippen molar-refractivity contribution in [1.29, 1.82) is 5.26 Å². The first kappa shape index (κ1) is 16.0. The van der Waals surface area contributed by atoms with Crippen LogP contribution in [0.15, 0.2) is 12.5 Å². The van der Waals surface area contributed by atoms with E-state index in [4.69, 9.17) is 19.5 Å². The average Bonchev–Trinajstić information content (AvgIpc) is 2.98. The summed E-state index contributed by atoms with van der Waals surface area (Å²) < 4.78 is 44.9. The lowest BCUT2D eigenvalue weighted by atomic mass is 9.81. The second-order valence-corrected chi connectivity index (χ2v) is 8.06. The van der Waals surface area contributed by atoms with Crippen molar-refractivity contribution in [3.8, 4) is 6.07 Å². The lowest BCUT2D eigenvalue weighted by molar-refractivity contribution is -0.0875. The van der Waals surface area contributed by atoms with Crippen LogP contribution < -0.4 is 5.73 Å². The molecule has 0 amide bonds. The molecule has 5 rings (SSSR count). The molecule has 26 heavy (non-hydrogen) atoms. The van der Waals surface area contributed by atoms with Crippen LogP contribution >= 0.6 is 7.82 Å². The molecule has 0 radical (unpaired) electrons. The molecule has 3 N–H and O–H groups in total. The number of phosphoric ester groups is 1. The SMILES string of the molecule is C[C@@]1(F)[C@@H]2OP(=O)(O)OC3CC32O[C@@]1(C#N)c1cnc2c(N)ncnn12. The predicted molar refractivity (Wildman–Crippen MR) is 80.0 cm³/mol. The van der Waals surface area contributed by atoms with E-state index < -0.39 is 36.9 Å². The molecule has 6 atom stereocenters. The molecule has 13 heteroatoms. The summed E-state index contributed by atoms with van der Waals surface area (Å²) in [6.07, 6.45) is 0.149. The van der Waals surface area contributed by atoms with E-state index in [1.807, 2.05) is 6.07 Å². The smallest absolute Gasteiger partial charge is 0.381 e. The van der Waals surface area contributed by atoms with Gasteiger partial charge in [-0.15, -0.1) is 0 Å². The molecule has 2 saturated heterocycles. The third-order valence-corrected chi connectivity index (χ3v) is 6.20. The van der Waals surface area contributed by atoms with E-state index in [0.29, 0.717) is 0 Å². The zero-order chi connectivity index (χ0) is 18.5. The minimum Gasteiger partial charge on any atom is -0.381 e. The number of nitrogens with zero attached hydrogens (tertiary/aromatic N) is 5. The van der Waals surface area contributed by atoms with Crippen molar-refractivity contribution in [2.75, 3.05) is 5.73 Å². The first-order valence-electron chi connectivity index (χ1n) is 7.61. The predicted octanol–water partition coefficient (Wildman–Crippen LogP) is 0.211. The number of aromatic nitrogens is 4. The van der Waals surface area contributed by atoms with Crippen molar-refractivity contribution in [2.45, 2.75) is 42.4 Å². The Balaban J connectivity index is 1.73. The van der Waals surface area contributed by atoms with Crippen LogP contribution in [0.5, 0.6) is 0 Å². The number of fused-ring (bicyclic) bond motifs is 1. The number of alkyl halides is 1. The number of imidazole rings is 1.